The van der Waals surface area contributed by atoms with E-state index < -0.39 is 23.6 Å². The molecule has 2 N–H and O–H groups in total. The minimum atomic E-state index is -1.32. The number of carbonyl (C=O) groups is 1. The van der Waals surface area contributed by atoms with Crippen LogP contribution in [-0.2, 0) is 11.3 Å². The quantitative estimate of drug-likeness (QED) is 0.607. The summed E-state index contributed by atoms with van der Waals surface area (Å²) in [7, 11) is 3.00. The van der Waals surface area contributed by atoms with Crippen LogP contribution in [0.2, 0.25) is 0 Å². The number of aryl methyl sites for hydroxylation is 1. The van der Waals surface area contributed by atoms with Crippen molar-refractivity contribution in [1.29, 1.82) is 0 Å². The van der Waals surface area contributed by atoms with Crippen molar-refractivity contribution in [3.63, 3.8) is 0 Å². The number of fused-ring (bicyclic) bond motifs is 1. The standard InChI is InChI=1S/C19H19F2N3O4S/c1-9-15-18(28-3)23-14(8-27-2)24-19(15)29-16(9)17(26)22-7-13(25)11-5-4-10(20)6-12(11)21/h4-6,13,25H,7-8H2,1-3H3,(H,22,26). The summed E-state index contributed by atoms with van der Waals surface area (Å²) in [5.41, 5.74) is 0.530. The number of nitrogens with one attached hydrogen (secondary N) is 1. The molecule has 10 heteroatoms. The van der Waals surface area contributed by atoms with Gasteiger partial charge < -0.3 is 19.9 Å². The first-order chi connectivity index (χ1) is 13.8. The van der Waals surface area contributed by atoms with Crippen LogP contribution in [0.25, 0.3) is 10.2 Å². The second-order valence-electron chi connectivity index (χ2n) is 6.21. The highest BCUT2D eigenvalue weighted by Crippen LogP contribution is 2.35. The molecule has 154 valence electrons. The van der Waals surface area contributed by atoms with Gasteiger partial charge in [-0.25, -0.2) is 13.8 Å². The summed E-state index contributed by atoms with van der Waals surface area (Å²) in [6.07, 6.45) is -1.32. The van der Waals surface area contributed by atoms with Crippen molar-refractivity contribution in [2.24, 2.45) is 0 Å². The molecule has 1 atom stereocenters. The molecule has 1 aromatic carbocycles. The minimum Gasteiger partial charge on any atom is -0.480 e. The maximum absolute atomic E-state index is 13.8. The number of carbonyl (C=O) groups excluding carboxylic acids is 1. The molecule has 1 unspecified atom stereocenters. The van der Waals surface area contributed by atoms with Gasteiger partial charge in [-0.2, -0.15) is 4.98 Å². The highest BCUT2D eigenvalue weighted by atomic mass is 32.1. The van der Waals surface area contributed by atoms with Gasteiger partial charge in [0.15, 0.2) is 5.82 Å². The van der Waals surface area contributed by atoms with E-state index in [1.54, 1.807) is 6.92 Å². The Labute approximate surface area is 169 Å². The number of amides is 1. The molecule has 0 spiro atoms. The molecule has 0 saturated carbocycles. The molecule has 29 heavy (non-hydrogen) atoms. The average Bonchev–Trinajstić information content (AvgIpc) is 3.02. The first kappa shape index (κ1) is 21.0. The zero-order valence-electron chi connectivity index (χ0n) is 16.0. The van der Waals surface area contributed by atoms with Crippen LogP contribution in [-0.4, -0.2) is 41.7 Å². The monoisotopic (exact) mass is 423 g/mol. The maximum atomic E-state index is 13.8. The van der Waals surface area contributed by atoms with Gasteiger partial charge in [0.25, 0.3) is 5.91 Å². The van der Waals surface area contributed by atoms with E-state index in [1.165, 1.54) is 14.2 Å². The van der Waals surface area contributed by atoms with Gasteiger partial charge in [-0.15, -0.1) is 11.3 Å². The molecule has 0 aliphatic rings. The van der Waals surface area contributed by atoms with Crippen LogP contribution in [0.4, 0.5) is 8.78 Å². The smallest absolute Gasteiger partial charge is 0.261 e. The Bertz CT molecular complexity index is 1060. The lowest BCUT2D eigenvalue weighted by Crippen LogP contribution is -2.28. The van der Waals surface area contributed by atoms with E-state index >= 15 is 0 Å². The molecular weight excluding hydrogens is 404 g/mol. The van der Waals surface area contributed by atoms with Crippen molar-refractivity contribution >= 4 is 27.5 Å². The number of rotatable bonds is 7. The first-order valence-corrected chi connectivity index (χ1v) is 9.41. The molecular formula is C19H19F2N3O4S. The van der Waals surface area contributed by atoms with Crippen molar-refractivity contribution in [2.75, 3.05) is 20.8 Å². The van der Waals surface area contributed by atoms with Crippen LogP contribution in [0.1, 0.15) is 32.7 Å². The Kier molecular flexibility index (Phi) is 6.36. The van der Waals surface area contributed by atoms with Gasteiger partial charge in [0.1, 0.15) is 23.1 Å². The number of halogens is 2. The normalized spacial score (nSPS) is 12.2. The number of nitrogens with zero attached hydrogens (tertiary/aromatic N) is 2. The number of benzene rings is 1. The molecule has 2 heterocycles. The summed E-state index contributed by atoms with van der Waals surface area (Å²) in [4.78, 5) is 22.2. The lowest BCUT2D eigenvalue weighted by atomic mass is 10.1. The van der Waals surface area contributed by atoms with Crippen LogP contribution in [0, 0.1) is 18.6 Å². The van der Waals surface area contributed by atoms with Gasteiger partial charge in [0.05, 0.1) is 23.5 Å². The fraction of sp³-hybridized carbons (Fsp3) is 0.316. The highest BCUT2D eigenvalue weighted by molar-refractivity contribution is 7.20. The Morgan fingerprint density at radius 1 is 1.31 bits per heavy atom. The molecule has 3 rings (SSSR count). The average molecular weight is 423 g/mol. The minimum absolute atomic E-state index is 0.100. The van der Waals surface area contributed by atoms with Crippen molar-refractivity contribution in [2.45, 2.75) is 19.6 Å². The first-order valence-electron chi connectivity index (χ1n) is 8.59. The maximum Gasteiger partial charge on any atom is 0.261 e. The van der Waals surface area contributed by atoms with E-state index in [-0.39, 0.29) is 18.7 Å². The molecule has 3 aromatic rings. The van der Waals surface area contributed by atoms with Crippen LogP contribution in [0.15, 0.2) is 18.2 Å². The van der Waals surface area contributed by atoms with E-state index in [9.17, 15) is 18.7 Å². The van der Waals surface area contributed by atoms with E-state index in [0.29, 0.717) is 38.4 Å². The number of aliphatic hydroxyl groups is 1. The SMILES string of the molecule is COCc1nc(OC)c2c(C)c(C(=O)NCC(O)c3ccc(F)cc3F)sc2n1. The Morgan fingerprint density at radius 3 is 2.72 bits per heavy atom. The summed E-state index contributed by atoms with van der Waals surface area (Å²) in [6.45, 7) is 1.69. The Balaban J connectivity index is 1.82. The predicted molar refractivity (Wildman–Crippen MR) is 103 cm³/mol. The zero-order chi connectivity index (χ0) is 21.1. The molecule has 7 nitrogen and oxygen atoms in total. The summed E-state index contributed by atoms with van der Waals surface area (Å²) in [5.74, 6) is -1.32. The fourth-order valence-electron chi connectivity index (χ4n) is 2.85. The Morgan fingerprint density at radius 2 is 2.07 bits per heavy atom. The third kappa shape index (κ3) is 4.34. The molecule has 0 bridgehead atoms. The molecule has 0 aliphatic carbocycles. The number of ether oxygens (including phenoxy) is 2. The number of hydrogen-bond donors (Lipinski definition) is 2. The second kappa shape index (κ2) is 8.76. The third-order valence-corrected chi connectivity index (χ3v) is 5.44. The summed E-state index contributed by atoms with van der Waals surface area (Å²) < 4.78 is 37.2. The van der Waals surface area contributed by atoms with Gasteiger partial charge in [-0.05, 0) is 18.6 Å². The van der Waals surface area contributed by atoms with Crippen LogP contribution in [0.3, 0.4) is 0 Å². The third-order valence-electron chi connectivity index (χ3n) is 4.25. The fourth-order valence-corrected chi connectivity index (χ4v) is 3.96. The Hall–Kier alpha value is -2.69. The zero-order valence-corrected chi connectivity index (χ0v) is 16.8. The molecule has 0 saturated heterocycles. The van der Waals surface area contributed by atoms with Crippen molar-refractivity contribution in [3.8, 4) is 5.88 Å². The van der Waals surface area contributed by atoms with Gasteiger partial charge in [-0.1, -0.05) is 6.07 Å². The molecule has 2 aromatic heterocycles. The van der Waals surface area contributed by atoms with E-state index in [1.807, 2.05) is 0 Å². The van der Waals surface area contributed by atoms with Gasteiger partial charge in [-0.3, -0.25) is 4.79 Å². The van der Waals surface area contributed by atoms with E-state index in [4.69, 9.17) is 9.47 Å². The lowest BCUT2D eigenvalue weighted by Gasteiger charge is -2.13. The van der Waals surface area contributed by atoms with Crippen LogP contribution < -0.4 is 10.1 Å². The van der Waals surface area contributed by atoms with Crippen molar-refractivity contribution in [1.82, 2.24) is 15.3 Å². The van der Waals surface area contributed by atoms with Gasteiger partial charge >= 0.3 is 0 Å². The molecule has 0 radical (unpaired) electrons. The van der Waals surface area contributed by atoms with E-state index in [0.717, 1.165) is 23.5 Å². The number of methoxy groups -OCH3 is 2. The largest absolute Gasteiger partial charge is 0.480 e. The molecule has 0 fully saturated rings. The lowest BCUT2D eigenvalue weighted by molar-refractivity contribution is 0.0917. The summed E-state index contributed by atoms with van der Waals surface area (Å²) >= 11 is 1.15. The molecule has 1 amide bonds. The van der Waals surface area contributed by atoms with Crippen molar-refractivity contribution < 1.29 is 28.2 Å². The van der Waals surface area contributed by atoms with Crippen molar-refractivity contribution in [3.05, 3.63) is 51.7 Å². The van der Waals surface area contributed by atoms with E-state index in [2.05, 4.69) is 15.3 Å². The van der Waals surface area contributed by atoms with Crippen LogP contribution >= 0.6 is 11.3 Å². The molecule has 0 aliphatic heterocycles. The summed E-state index contributed by atoms with van der Waals surface area (Å²) in [5, 5.41) is 13.3. The van der Waals surface area contributed by atoms with Gasteiger partial charge in [0.2, 0.25) is 5.88 Å². The summed E-state index contributed by atoms with van der Waals surface area (Å²) in [6, 6.07) is 2.87. The topological polar surface area (TPSA) is 93.6 Å². The number of hydrogen-bond acceptors (Lipinski definition) is 7. The predicted octanol–water partition coefficient (Wildman–Crippen LogP) is 2.90. The number of aliphatic hydroxyl groups excluding tert-OH is 1. The van der Waals surface area contributed by atoms with Gasteiger partial charge in [0, 0.05) is 25.3 Å². The number of thiophene rings is 1. The second-order valence-corrected chi connectivity index (χ2v) is 7.21. The highest BCUT2D eigenvalue weighted by Gasteiger charge is 2.22. The number of aromatic nitrogens is 2. The van der Waals surface area contributed by atoms with Crippen LogP contribution in [0.5, 0.6) is 5.88 Å².